The molecule has 0 aliphatic rings. The van der Waals surface area contributed by atoms with E-state index in [1.54, 1.807) is 15.5 Å². The lowest BCUT2D eigenvalue weighted by atomic mass is 10.1. The highest BCUT2D eigenvalue weighted by molar-refractivity contribution is 9.10. The number of urea groups is 1. The molecule has 174 valence electrons. The molecule has 0 bridgehead atoms. The van der Waals surface area contributed by atoms with Gasteiger partial charge in [-0.05, 0) is 62.2 Å². The summed E-state index contributed by atoms with van der Waals surface area (Å²) in [7, 11) is 0. The Kier molecular flexibility index (Phi) is 7.12. The lowest BCUT2D eigenvalue weighted by molar-refractivity contribution is 0.189. The van der Waals surface area contributed by atoms with Crippen LogP contribution in [0.15, 0.2) is 82.1 Å². The van der Waals surface area contributed by atoms with Gasteiger partial charge in [0.2, 0.25) is 0 Å². The largest absolute Gasteiger partial charge is 0.322 e. The molecule has 6 nitrogen and oxygen atoms in total. The van der Waals surface area contributed by atoms with Crippen LogP contribution in [-0.4, -0.2) is 27.0 Å². The zero-order valence-corrected chi connectivity index (χ0v) is 21.0. The number of aryl methyl sites for hydroxylation is 1. The SMILES string of the molecule is CCCN(C(=O)Nc1cccc(Br)c1)C(C)c1nc2ccccc2c(=O)n1-c1ccccc1C. The molecular weight excluding hydrogens is 492 g/mol. The molecule has 0 spiro atoms. The van der Waals surface area contributed by atoms with Gasteiger partial charge >= 0.3 is 6.03 Å². The smallest absolute Gasteiger partial charge is 0.315 e. The van der Waals surface area contributed by atoms with Crippen LogP contribution < -0.4 is 10.9 Å². The van der Waals surface area contributed by atoms with Crippen LogP contribution >= 0.6 is 15.9 Å². The zero-order valence-electron chi connectivity index (χ0n) is 19.5. The Morgan fingerprint density at radius 2 is 1.82 bits per heavy atom. The van der Waals surface area contributed by atoms with Crippen molar-refractivity contribution in [2.75, 3.05) is 11.9 Å². The Balaban J connectivity index is 1.84. The van der Waals surface area contributed by atoms with Gasteiger partial charge in [0.15, 0.2) is 0 Å². The molecule has 34 heavy (non-hydrogen) atoms. The molecule has 2 amide bonds. The van der Waals surface area contributed by atoms with Crippen molar-refractivity contribution in [2.45, 2.75) is 33.2 Å². The fourth-order valence-electron chi connectivity index (χ4n) is 4.09. The van der Waals surface area contributed by atoms with Crippen molar-refractivity contribution in [3.63, 3.8) is 0 Å². The van der Waals surface area contributed by atoms with Crippen molar-refractivity contribution in [2.24, 2.45) is 0 Å². The number of para-hydroxylation sites is 2. The molecule has 1 unspecified atom stereocenters. The third kappa shape index (κ3) is 4.75. The van der Waals surface area contributed by atoms with Gasteiger partial charge in [-0.2, -0.15) is 0 Å². The predicted octanol–water partition coefficient (Wildman–Crippen LogP) is 6.46. The van der Waals surface area contributed by atoms with E-state index in [0.717, 1.165) is 22.1 Å². The Bertz CT molecular complexity index is 1400. The van der Waals surface area contributed by atoms with Gasteiger partial charge in [-0.25, -0.2) is 9.78 Å². The second kappa shape index (κ2) is 10.2. The molecule has 1 N–H and O–H groups in total. The monoisotopic (exact) mass is 518 g/mol. The maximum Gasteiger partial charge on any atom is 0.322 e. The first kappa shape index (κ1) is 23.7. The van der Waals surface area contributed by atoms with Crippen LogP contribution in [0.25, 0.3) is 16.6 Å². The average molecular weight is 519 g/mol. The maximum absolute atomic E-state index is 13.7. The Labute approximate surface area is 207 Å². The Morgan fingerprint density at radius 3 is 2.56 bits per heavy atom. The number of amides is 2. The summed E-state index contributed by atoms with van der Waals surface area (Å²) in [6, 6.07) is 21.8. The number of halogens is 1. The normalized spacial score (nSPS) is 11.9. The Hall–Kier alpha value is -3.45. The summed E-state index contributed by atoms with van der Waals surface area (Å²) in [5.41, 5.74) is 2.87. The molecular formula is C27H27BrN4O2. The number of aromatic nitrogens is 2. The van der Waals surface area contributed by atoms with E-state index in [9.17, 15) is 9.59 Å². The summed E-state index contributed by atoms with van der Waals surface area (Å²) in [6.07, 6.45) is 0.762. The minimum atomic E-state index is -0.455. The van der Waals surface area contributed by atoms with E-state index in [1.807, 2.05) is 87.5 Å². The third-order valence-electron chi connectivity index (χ3n) is 5.80. The summed E-state index contributed by atoms with van der Waals surface area (Å²) in [4.78, 5) is 33.7. The van der Waals surface area contributed by atoms with Gasteiger partial charge in [-0.3, -0.25) is 9.36 Å². The number of fused-ring (bicyclic) bond motifs is 1. The number of benzene rings is 3. The molecule has 7 heteroatoms. The third-order valence-corrected chi connectivity index (χ3v) is 6.29. The summed E-state index contributed by atoms with van der Waals surface area (Å²) in [5, 5.41) is 3.53. The van der Waals surface area contributed by atoms with E-state index in [1.165, 1.54) is 0 Å². The number of hydrogen-bond donors (Lipinski definition) is 1. The van der Waals surface area contributed by atoms with E-state index < -0.39 is 6.04 Å². The molecule has 1 heterocycles. The zero-order chi connectivity index (χ0) is 24.2. The van der Waals surface area contributed by atoms with Gasteiger partial charge in [0.1, 0.15) is 5.82 Å². The van der Waals surface area contributed by atoms with Crippen molar-refractivity contribution in [1.29, 1.82) is 0 Å². The summed E-state index contributed by atoms with van der Waals surface area (Å²) in [5.74, 6) is 0.524. The van der Waals surface area contributed by atoms with Crippen LogP contribution in [0.1, 0.15) is 37.7 Å². The number of rotatable bonds is 6. The molecule has 4 rings (SSSR count). The fraction of sp³-hybridized carbons (Fsp3) is 0.222. The summed E-state index contributed by atoms with van der Waals surface area (Å²) < 4.78 is 2.53. The number of nitrogens with one attached hydrogen (secondary N) is 1. The lowest BCUT2D eigenvalue weighted by Gasteiger charge is -2.30. The molecule has 0 fully saturated rings. The van der Waals surface area contributed by atoms with E-state index in [4.69, 9.17) is 4.98 Å². The van der Waals surface area contributed by atoms with E-state index >= 15 is 0 Å². The molecule has 0 saturated carbocycles. The minimum Gasteiger partial charge on any atom is -0.315 e. The van der Waals surface area contributed by atoms with Crippen molar-refractivity contribution < 1.29 is 4.79 Å². The van der Waals surface area contributed by atoms with Crippen LogP contribution in [0.3, 0.4) is 0 Å². The first-order valence-electron chi connectivity index (χ1n) is 11.3. The van der Waals surface area contributed by atoms with Gasteiger partial charge in [0, 0.05) is 16.7 Å². The predicted molar refractivity (Wildman–Crippen MR) is 141 cm³/mol. The molecule has 0 saturated heterocycles. The highest BCUT2D eigenvalue weighted by Crippen LogP contribution is 2.25. The van der Waals surface area contributed by atoms with Crippen LogP contribution in [0.5, 0.6) is 0 Å². The second-order valence-electron chi connectivity index (χ2n) is 8.22. The minimum absolute atomic E-state index is 0.148. The highest BCUT2D eigenvalue weighted by Gasteiger charge is 2.27. The molecule has 4 aromatic rings. The fourth-order valence-corrected chi connectivity index (χ4v) is 4.49. The van der Waals surface area contributed by atoms with E-state index in [0.29, 0.717) is 29.0 Å². The van der Waals surface area contributed by atoms with Crippen LogP contribution in [-0.2, 0) is 0 Å². The van der Waals surface area contributed by atoms with Crippen molar-refractivity contribution in [1.82, 2.24) is 14.5 Å². The van der Waals surface area contributed by atoms with Gasteiger partial charge in [0.25, 0.3) is 5.56 Å². The number of nitrogens with zero attached hydrogens (tertiary/aromatic N) is 3. The van der Waals surface area contributed by atoms with Crippen LogP contribution in [0, 0.1) is 6.92 Å². The van der Waals surface area contributed by atoms with Gasteiger partial charge in [-0.15, -0.1) is 0 Å². The van der Waals surface area contributed by atoms with Crippen molar-refractivity contribution in [3.05, 3.63) is 99.0 Å². The molecule has 0 aliphatic heterocycles. The van der Waals surface area contributed by atoms with Crippen LogP contribution in [0.2, 0.25) is 0 Å². The summed E-state index contributed by atoms with van der Waals surface area (Å²) >= 11 is 3.45. The van der Waals surface area contributed by atoms with Crippen LogP contribution in [0.4, 0.5) is 10.5 Å². The van der Waals surface area contributed by atoms with Crippen molar-refractivity contribution in [3.8, 4) is 5.69 Å². The van der Waals surface area contributed by atoms with Gasteiger partial charge in [0.05, 0.1) is 22.6 Å². The number of carbonyl (C=O) groups excluding carboxylic acids is 1. The molecule has 1 aromatic heterocycles. The van der Waals surface area contributed by atoms with E-state index in [2.05, 4.69) is 21.2 Å². The molecule has 1 atom stereocenters. The maximum atomic E-state index is 13.7. The molecule has 0 aliphatic carbocycles. The first-order chi connectivity index (χ1) is 16.4. The highest BCUT2D eigenvalue weighted by atomic mass is 79.9. The lowest BCUT2D eigenvalue weighted by Crippen LogP contribution is -2.40. The van der Waals surface area contributed by atoms with E-state index in [-0.39, 0.29) is 11.6 Å². The topological polar surface area (TPSA) is 67.2 Å². The number of anilines is 1. The quantitative estimate of drug-likeness (QED) is 0.318. The van der Waals surface area contributed by atoms with Gasteiger partial charge in [-0.1, -0.05) is 59.3 Å². The second-order valence-corrected chi connectivity index (χ2v) is 9.14. The Morgan fingerprint density at radius 1 is 1.09 bits per heavy atom. The molecule has 3 aromatic carbocycles. The standard InChI is InChI=1S/C27H27BrN4O2/c1-4-16-31(27(34)29-21-12-9-11-20(28)17-21)19(3)25-30-23-14-7-6-13-22(23)26(33)32(25)24-15-8-5-10-18(24)2/h5-15,17,19H,4,16H2,1-3H3,(H,29,34). The number of carbonyl (C=O) groups is 1. The average Bonchev–Trinajstić information content (AvgIpc) is 2.83. The first-order valence-corrected chi connectivity index (χ1v) is 12.1. The number of hydrogen-bond acceptors (Lipinski definition) is 3. The van der Waals surface area contributed by atoms with Gasteiger partial charge < -0.3 is 10.2 Å². The van der Waals surface area contributed by atoms with Crippen molar-refractivity contribution >= 4 is 38.6 Å². The molecule has 0 radical (unpaired) electrons. The summed E-state index contributed by atoms with van der Waals surface area (Å²) in [6.45, 7) is 6.42.